The lowest BCUT2D eigenvalue weighted by Gasteiger charge is -2.34. The minimum atomic E-state index is -0.968. The lowest BCUT2D eigenvalue weighted by atomic mass is 9.82. The monoisotopic (exact) mass is 565 g/mol. The van der Waals surface area contributed by atoms with E-state index in [9.17, 15) is 9.90 Å². The normalized spacial score (nSPS) is 22.6. The molecule has 220 valence electrons. The van der Waals surface area contributed by atoms with E-state index in [-0.39, 0.29) is 12.0 Å². The molecule has 4 aliphatic rings. The van der Waals surface area contributed by atoms with Gasteiger partial charge in [-0.25, -0.2) is 4.98 Å². The molecule has 1 unspecified atom stereocenters. The van der Waals surface area contributed by atoms with Crippen molar-refractivity contribution in [3.8, 4) is 22.8 Å². The highest BCUT2D eigenvalue weighted by Crippen LogP contribution is 2.52. The Hall–Kier alpha value is -3.38. The van der Waals surface area contributed by atoms with Crippen molar-refractivity contribution in [2.45, 2.75) is 76.9 Å². The minimum Gasteiger partial charge on any atom is -0.550 e. The maximum absolute atomic E-state index is 11.8. The van der Waals surface area contributed by atoms with Crippen molar-refractivity contribution in [3.63, 3.8) is 0 Å². The van der Waals surface area contributed by atoms with Crippen molar-refractivity contribution < 1.29 is 19.4 Å². The Bertz CT molecular complexity index is 1480. The summed E-state index contributed by atoms with van der Waals surface area (Å²) in [5.74, 6) is 0.438. The molecular weight excluding hydrogens is 524 g/mol. The zero-order valence-electron chi connectivity index (χ0n) is 24.8. The third-order valence-corrected chi connectivity index (χ3v) is 10.3. The Kier molecular flexibility index (Phi) is 7.21. The van der Waals surface area contributed by atoms with E-state index in [0.29, 0.717) is 17.2 Å². The number of aliphatic carboxylic acids is 1. The Balaban J connectivity index is 1.18. The fourth-order valence-corrected chi connectivity index (χ4v) is 7.59. The summed E-state index contributed by atoms with van der Waals surface area (Å²) < 4.78 is 12.2. The molecule has 2 saturated carbocycles. The molecule has 42 heavy (non-hydrogen) atoms. The number of benzene rings is 2. The van der Waals surface area contributed by atoms with Crippen LogP contribution in [0.1, 0.15) is 86.1 Å². The van der Waals surface area contributed by atoms with Gasteiger partial charge in [0.15, 0.2) is 0 Å². The number of carbonyl (C=O) groups excluding carboxylic acids is 1. The molecule has 6 nitrogen and oxygen atoms in total. The molecule has 2 aromatic carbocycles. The molecule has 0 radical (unpaired) electrons. The van der Waals surface area contributed by atoms with Crippen molar-refractivity contribution in [3.05, 3.63) is 77.0 Å². The lowest BCUT2D eigenvalue weighted by molar-refractivity contribution is -0.311. The molecule has 3 atom stereocenters. The first-order valence-electron chi connectivity index (χ1n) is 15.8. The van der Waals surface area contributed by atoms with Gasteiger partial charge < -0.3 is 19.4 Å². The second kappa shape index (κ2) is 11.0. The van der Waals surface area contributed by atoms with Crippen molar-refractivity contribution >= 4 is 5.97 Å². The van der Waals surface area contributed by atoms with Gasteiger partial charge in [-0.2, -0.15) is 0 Å². The van der Waals surface area contributed by atoms with Crippen LogP contribution in [0.25, 0.3) is 11.1 Å². The van der Waals surface area contributed by atoms with E-state index >= 15 is 0 Å². The average Bonchev–Trinajstić information content (AvgIpc) is 3.96. The van der Waals surface area contributed by atoms with E-state index in [4.69, 9.17) is 9.47 Å². The SMILES string of the molecule is COc1cc(-c2ccc(C3CCc4ccc([C@H](C5CC5)[C@H](C)C(=O)[O-])cc4O3)cc2CN2CCCC3(CC3)C2)ccn1. The minimum absolute atomic E-state index is 0.0215. The van der Waals surface area contributed by atoms with Crippen LogP contribution in [0, 0.1) is 17.3 Å². The van der Waals surface area contributed by atoms with Gasteiger partial charge in [0.25, 0.3) is 0 Å². The van der Waals surface area contributed by atoms with Crippen LogP contribution >= 0.6 is 0 Å². The number of fused-ring (bicyclic) bond motifs is 1. The van der Waals surface area contributed by atoms with Crippen LogP contribution in [0.5, 0.6) is 11.6 Å². The molecule has 7 rings (SSSR count). The topological polar surface area (TPSA) is 74.7 Å². The number of carboxylic acids is 1. The van der Waals surface area contributed by atoms with Crippen molar-refractivity contribution in [1.82, 2.24) is 9.88 Å². The van der Waals surface area contributed by atoms with Gasteiger partial charge in [-0.3, -0.25) is 4.90 Å². The fourth-order valence-electron chi connectivity index (χ4n) is 7.59. The molecule has 2 aliphatic heterocycles. The maximum atomic E-state index is 11.8. The van der Waals surface area contributed by atoms with E-state index in [1.165, 1.54) is 54.5 Å². The number of rotatable bonds is 9. The number of carbonyl (C=O) groups is 1. The van der Waals surface area contributed by atoms with Gasteiger partial charge >= 0.3 is 0 Å². The number of likely N-dealkylation sites (tertiary alicyclic amines) is 1. The Morgan fingerprint density at radius 2 is 1.98 bits per heavy atom. The molecule has 3 heterocycles. The van der Waals surface area contributed by atoms with Gasteiger partial charge in [0.05, 0.1) is 7.11 Å². The predicted molar refractivity (Wildman–Crippen MR) is 160 cm³/mol. The predicted octanol–water partition coefficient (Wildman–Crippen LogP) is 6.08. The summed E-state index contributed by atoms with van der Waals surface area (Å²) in [7, 11) is 1.66. The summed E-state index contributed by atoms with van der Waals surface area (Å²) in [5, 5.41) is 11.8. The first kappa shape index (κ1) is 27.5. The molecule has 0 amide bonds. The molecular formula is C36H41N2O4-. The number of ether oxygens (including phenoxy) is 2. The van der Waals surface area contributed by atoms with Crippen LogP contribution in [0.15, 0.2) is 54.7 Å². The summed E-state index contributed by atoms with van der Waals surface area (Å²) in [6, 6.07) is 17.3. The van der Waals surface area contributed by atoms with E-state index in [2.05, 4.69) is 52.3 Å². The molecule has 0 bridgehead atoms. The molecule has 1 saturated heterocycles. The van der Waals surface area contributed by atoms with E-state index < -0.39 is 11.9 Å². The number of methoxy groups -OCH3 is 1. The zero-order valence-corrected chi connectivity index (χ0v) is 24.8. The van der Waals surface area contributed by atoms with Crippen LogP contribution in [0.4, 0.5) is 0 Å². The van der Waals surface area contributed by atoms with Crippen LogP contribution in [-0.4, -0.2) is 36.1 Å². The smallest absolute Gasteiger partial charge is 0.213 e. The number of aromatic nitrogens is 1. The van der Waals surface area contributed by atoms with Crippen molar-refractivity contribution in [2.75, 3.05) is 20.2 Å². The summed E-state index contributed by atoms with van der Waals surface area (Å²) in [6.07, 6.45) is 11.2. The molecule has 0 N–H and O–H groups in total. The van der Waals surface area contributed by atoms with Crippen LogP contribution in [0.3, 0.4) is 0 Å². The Morgan fingerprint density at radius 3 is 2.74 bits per heavy atom. The number of hydrogen-bond donors (Lipinski definition) is 0. The zero-order chi connectivity index (χ0) is 28.8. The number of nitrogens with zero attached hydrogens (tertiary/aromatic N) is 2. The van der Waals surface area contributed by atoms with Gasteiger partial charge in [0.2, 0.25) is 5.88 Å². The van der Waals surface area contributed by atoms with Crippen molar-refractivity contribution in [1.29, 1.82) is 0 Å². The maximum Gasteiger partial charge on any atom is 0.213 e. The summed E-state index contributed by atoms with van der Waals surface area (Å²) in [6.45, 7) is 5.05. The van der Waals surface area contributed by atoms with E-state index in [0.717, 1.165) is 55.6 Å². The van der Waals surface area contributed by atoms with E-state index in [1.54, 1.807) is 14.0 Å². The number of hydrogen-bond acceptors (Lipinski definition) is 6. The largest absolute Gasteiger partial charge is 0.550 e. The van der Waals surface area contributed by atoms with Gasteiger partial charge in [0, 0.05) is 37.2 Å². The Labute approximate surface area is 249 Å². The van der Waals surface area contributed by atoms with Gasteiger partial charge in [-0.15, -0.1) is 0 Å². The Morgan fingerprint density at radius 1 is 1.12 bits per heavy atom. The van der Waals surface area contributed by atoms with Crippen molar-refractivity contribution in [2.24, 2.45) is 17.3 Å². The summed E-state index contributed by atoms with van der Waals surface area (Å²) in [4.78, 5) is 18.8. The molecule has 3 aromatic rings. The molecule has 3 fully saturated rings. The van der Waals surface area contributed by atoms with Crippen LogP contribution in [0.2, 0.25) is 0 Å². The summed E-state index contributed by atoms with van der Waals surface area (Å²) in [5.41, 5.74) is 7.69. The van der Waals surface area contributed by atoms with Gasteiger partial charge in [-0.05, 0) is 121 Å². The fraction of sp³-hybridized carbons (Fsp3) is 0.500. The van der Waals surface area contributed by atoms with Gasteiger partial charge in [0.1, 0.15) is 11.9 Å². The molecule has 1 spiro atoms. The van der Waals surface area contributed by atoms with Gasteiger partial charge in [-0.1, -0.05) is 37.3 Å². The number of piperidine rings is 1. The number of carboxylic acid groups (broad SMARTS) is 1. The highest BCUT2D eigenvalue weighted by atomic mass is 16.5. The van der Waals surface area contributed by atoms with Crippen LogP contribution in [-0.2, 0) is 17.8 Å². The third kappa shape index (κ3) is 5.54. The lowest BCUT2D eigenvalue weighted by Crippen LogP contribution is -2.36. The second-order valence-corrected chi connectivity index (χ2v) is 13.3. The standard InChI is InChI=1S/C36H42N2O4/c1-23(35(39)40)34(25-5-6-25)28-7-4-24-9-11-31(42-32(24)19-28)27-8-10-30(26-12-16-37-33(20-26)41-2)29(18-27)21-38-17-3-13-36(22-38)14-15-36/h4,7-8,10,12,16,18-20,23,25,31,34H,3,5-6,9,11,13-15,17,21-22H2,1-2H3,(H,39,40)/p-1/t23-,31?,34-/m0/s1. The second-order valence-electron chi connectivity index (χ2n) is 13.3. The number of pyridine rings is 1. The first-order valence-corrected chi connectivity index (χ1v) is 15.8. The highest BCUT2D eigenvalue weighted by Gasteiger charge is 2.45. The third-order valence-electron chi connectivity index (χ3n) is 10.3. The summed E-state index contributed by atoms with van der Waals surface area (Å²) >= 11 is 0. The molecule has 6 heteroatoms. The average molecular weight is 566 g/mol. The molecule has 1 aromatic heterocycles. The molecule has 2 aliphatic carbocycles. The first-order chi connectivity index (χ1) is 20.4. The highest BCUT2D eigenvalue weighted by molar-refractivity contribution is 5.69. The number of aryl methyl sites for hydroxylation is 1. The quantitative estimate of drug-likeness (QED) is 0.313. The van der Waals surface area contributed by atoms with E-state index in [1.807, 2.05) is 12.3 Å². The van der Waals surface area contributed by atoms with Crippen LogP contribution < -0.4 is 14.6 Å².